The Bertz CT molecular complexity index is 4720. The summed E-state index contributed by atoms with van der Waals surface area (Å²) in [6, 6.07) is -13.3. The number of nitrogens with zero attached hydrogens (tertiary/aromatic N) is 5. The lowest BCUT2D eigenvalue weighted by atomic mass is 9.96. The molecule has 14 amide bonds. The van der Waals surface area contributed by atoms with E-state index in [1.54, 1.807) is 44.2 Å². The summed E-state index contributed by atoms with van der Waals surface area (Å²) in [5, 5.41) is 111. The average Bonchev–Trinajstić information content (AvgIpc) is 1.66. The van der Waals surface area contributed by atoms with Crippen LogP contribution in [-0.2, 0) is 107 Å². The third kappa shape index (κ3) is 37.8. The molecule has 15 atom stereocenters. The second-order valence-corrected chi connectivity index (χ2v) is 32.6. The molecule has 2 aliphatic rings. The van der Waals surface area contributed by atoms with Gasteiger partial charge >= 0.3 is 17.9 Å². The monoisotopic (exact) mass is 1910 g/mol. The Morgan fingerprint density at radius 3 is 1.21 bits per heavy atom. The molecule has 6 rings (SSSR count). The Hall–Kier alpha value is -15.2. The molecule has 0 radical (unpaired) electrons. The first-order valence-corrected chi connectivity index (χ1v) is 44.3. The number of likely N-dealkylation sites (tertiary alicyclic amines) is 2. The van der Waals surface area contributed by atoms with Gasteiger partial charge < -0.3 is 159 Å². The van der Waals surface area contributed by atoms with Gasteiger partial charge in [-0.15, -0.1) is 0 Å². The third-order valence-corrected chi connectivity index (χ3v) is 22.2. The number of carbonyl (C=O) groups excluding carboxylic acids is 14. The zero-order valence-electron chi connectivity index (χ0n) is 75.4. The number of rotatable bonds is 60. The van der Waals surface area contributed by atoms with E-state index in [4.69, 9.17) is 50.3 Å². The maximum Gasteiger partial charge on any atom is 0.326 e. The number of aromatic nitrogens is 6. The van der Waals surface area contributed by atoms with Gasteiger partial charge in [-0.2, -0.15) is 0 Å². The van der Waals surface area contributed by atoms with E-state index in [0.29, 0.717) is 29.8 Å². The fraction of sp³-hybridized carbons (Fsp3) is 0.561. The molecule has 0 aliphatic carbocycles. The molecule has 0 unspecified atom stereocenters. The molecular formula is C82H127N33O21. The number of H-pyrrole nitrogens is 3. The van der Waals surface area contributed by atoms with Gasteiger partial charge in [0, 0.05) is 113 Å². The quantitative estimate of drug-likeness (QED) is 0.0111. The molecule has 5 heterocycles. The van der Waals surface area contributed by atoms with E-state index in [1.807, 2.05) is 0 Å². The number of nitrogens with one attached hydrogen (secondary N) is 23. The number of imidazole rings is 3. The molecule has 136 heavy (non-hydrogen) atoms. The van der Waals surface area contributed by atoms with Gasteiger partial charge in [0.05, 0.1) is 38.2 Å². The van der Waals surface area contributed by atoms with Crippen LogP contribution < -0.4 is 114 Å². The van der Waals surface area contributed by atoms with E-state index in [9.17, 15) is 92.3 Å². The van der Waals surface area contributed by atoms with E-state index in [1.165, 1.54) is 37.6 Å². The highest BCUT2D eigenvalue weighted by Crippen LogP contribution is 2.24. The number of carboxylic acid groups (broad SMARTS) is 3. The number of aromatic amines is 3. The third-order valence-electron chi connectivity index (χ3n) is 22.2. The van der Waals surface area contributed by atoms with E-state index >= 15 is 9.59 Å². The van der Waals surface area contributed by atoms with Gasteiger partial charge in [0.1, 0.15) is 78.5 Å². The number of hydrogen-bond acceptors (Lipinski definition) is 26. The van der Waals surface area contributed by atoms with Crippen LogP contribution in [0.3, 0.4) is 0 Å². The first kappa shape index (κ1) is 110. The van der Waals surface area contributed by atoms with Crippen LogP contribution in [0.15, 0.2) is 67.9 Å². The van der Waals surface area contributed by atoms with Crippen LogP contribution in [-0.4, -0.2) is 322 Å². The molecule has 4 aromatic rings. The number of amides is 14. The van der Waals surface area contributed by atoms with Gasteiger partial charge in [0.15, 0.2) is 23.8 Å². The second-order valence-electron chi connectivity index (χ2n) is 32.6. The fourth-order valence-corrected chi connectivity index (χ4v) is 14.8. The minimum atomic E-state index is -1.88. The van der Waals surface area contributed by atoms with Crippen LogP contribution in [0.2, 0.25) is 0 Å². The Balaban J connectivity index is 1.19. The van der Waals surface area contributed by atoms with Crippen molar-refractivity contribution in [3.05, 3.63) is 90.5 Å². The number of aliphatic hydroxyl groups excluding tert-OH is 1. The molecule has 37 N–H and O–H groups in total. The number of hydrogen-bond donors (Lipinski definition) is 32. The number of carboxylic acids is 3. The molecule has 2 saturated heterocycles. The lowest BCUT2D eigenvalue weighted by Crippen LogP contribution is -2.61. The summed E-state index contributed by atoms with van der Waals surface area (Å²) < 4.78 is 0. The van der Waals surface area contributed by atoms with E-state index in [2.05, 4.69) is 115 Å². The molecular weight excluding hydrogens is 1780 g/mol. The summed E-state index contributed by atoms with van der Waals surface area (Å²) in [4.78, 5) is 261. The smallest absolute Gasteiger partial charge is 0.326 e. The zero-order chi connectivity index (χ0) is 100. The lowest BCUT2D eigenvalue weighted by molar-refractivity contribution is -0.144. The molecule has 0 saturated carbocycles. The zero-order valence-corrected chi connectivity index (χ0v) is 75.4. The second kappa shape index (κ2) is 56.7. The van der Waals surface area contributed by atoms with E-state index in [0.717, 1.165) is 9.80 Å². The first-order valence-electron chi connectivity index (χ1n) is 44.3. The SMILES string of the molecule is CC[C@H](C)[C@H](NC(=O)[C@@H](N)CCCNC(=N)N)C(=O)N[C@@H](CCCNC(=N)N)C(=O)N[C@@H](Cc1cnc[nH]1)C(=O)N[C@@H](Cc1cnc[nH]1)C(=O)N1CCC[C@H]1C(=O)N[C@@H](CCC(=O)O)C(=O)N[C@@H](Cc1cnc[nH]1)C(=O)N[C@@H](Cc1ccccc1)C(=O)N[C@@H](CO)C(=O)NCC(=O)N[C@@H](CCCNC(=N)N)C(=O)N1CCC[C@H]1C(=O)N[C@@H](CCCNC(=N)N)C(=O)N[C@@H](CCC(=O)O)C(=O)O. The fourth-order valence-electron chi connectivity index (χ4n) is 14.8. The van der Waals surface area contributed by atoms with Crippen LogP contribution in [0.1, 0.15) is 146 Å². The number of carbonyl (C=O) groups is 17. The summed E-state index contributed by atoms with van der Waals surface area (Å²) in [5.41, 5.74) is 29.3. The maximum atomic E-state index is 15.3. The Morgan fingerprint density at radius 2 is 0.794 bits per heavy atom. The van der Waals surface area contributed by atoms with Crippen molar-refractivity contribution in [2.45, 2.75) is 233 Å². The Labute approximate surface area is 780 Å². The number of benzene rings is 1. The molecule has 3 aromatic heterocycles. The van der Waals surface area contributed by atoms with Gasteiger partial charge in [-0.25, -0.2) is 19.7 Å². The Kier molecular flexibility index (Phi) is 45.7. The van der Waals surface area contributed by atoms with Crippen LogP contribution in [0.25, 0.3) is 0 Å². The maximum absolute atomic E-state index is 15.3. The summed E-state index contributed by atoms with van der Waals surface area (Å²) in [6.07, 6.45) is 5.02. The number of aliphatic carboxylic acids is 3. The van der Waals surface area contributed by atoms with Crippen LogP contribution in [0, 0.1) is 27.6 Å². The van der Waals surface area contributed by atoms with Crippen LogP contribution in [0.4, 0.5) is 0 Å². The highest BCUT2D eigenvalue weighted by Gasteiger charge is 2.44. The highest BCUT2D eigenvalue weighted by molar-refractivity contribution is 6.01. The van der Waals surface area contributed by atoms with Crippen molar-refractivity contribution in [3.63, 3.8) is 0 Å². The van der Waals surface area contributed by atoms with Gasteiger partial charge in [-0.05, 0) is 101 Å². The van der Waals surface area contributed by atoms with Gasteiger partial charge in [-0.3, -0.25) is 98.3 Å². The molecule has 0 spiro atoms. The number of nitrogens with two attached hydrogens (primary N) is 5. The standard InChI is InChI=1S/C82H127N33O21/c1-3-43(2)64(113-65(122)48(83)15-7-25-95-79(84)85)75(132)106-50(17-9-27-97-81(88)89)68(125)109-56(33-46-36-93-41-101-46)72(129)111-57(34-47-37-94-42-102-47)77(134)115-30-12-20-60(115)74(131)105-51(21-23-62(118)119)69(126)110-55(32-45-35-92-40-100-45)71(128)108-54(31-44-13-5-4-6-14-44)70(127)112-58(39-116)66(123)99-38-61(117)103-52(18-10-28-98-82(90)91)76(133)114-29-11-19-59(114)73(130)104-49(16-8-26-96-80(86)87)67(124)107-53(78(135)136)22-24-63(120)121/h4-6,13-14,35-37,40-43,48-60,64,116H,3,7-12,15-34,38-39,83H2,1-2H3,(H,92,100)(H,93,101)(H,94,102)(H,99,123)(H,103,117)(H,104,130)(H,105,131)(H,106,132)(H,107,124)(H,108,128)(H,109,125)(H,110,126)(H,111,129)(H,112,127)(H,113,122)(H,118,119)(H,120,121)(H,135,136)(H4,84,85,95)(H4,86,87,96)(H4,88,89,97)(H4,90,91,98)/t43-,48-,49-,50-,51-,52-,53-,54-,55-,56-,57-,58-,59-,60-,64-/m0/s1. The predicted octanol–water partition coefficient (Wildman–Crippen LogP) is -9.21. The van der Waals surface area contributed by atoms with E-state index < -0.39 is 248 Å². The van der Waals surface area contributed by atoms with Crippen LogP contribution >= 0.6 is 0 Å². The van der Waals surface area contributed by atoms with E-state index in [-0.39, 0.29) is 147 Å². The number of aliphatic hydroxyl groups is 1. The van der Waals surface area contributed by atoms with Crippen molar-refractivity contribution in [2.24, 2.45) is 34.6 Å². The van der Waals surface area contributed by atoms with Crippen molar-refractivity contribution in [1.29, 1.82) is 21.6 Å². The molecule has 746 valence electrons. The Morgan fingerprint density at radius 1 is 0.426 bits per heavy atom. The molecule has 54 heteroatoms. The van der Waals surface area contributed by atoms with Crippen molar-refractivity contribution >= 4 is 124 Å². The van der Waals surface area contributed by atoms with Crippen molar-refractivity contribution in [1.82, 2.24) is 125 Å². The van der Waals surface area contributed by atoms with Crippen LogP contribution in [0.5, 0.6) is 0 Å². The lowest BCUT2D eigenvalue weighted by Gasteiger charge is -2.31. The molecule has 1 aromatic carbocycles. The van der Waals surface area contributed by atoms with Gasteiger partial charge in [0.25, 0.3) is 0 Å². The van der Waals surface area contributed by atoms with Crippen molar-refractivity contribution in [3.8, 4) is 0 Å². The van der Waals surface area contributed by atoms with Gasteiger partial charge in [0.2, 0.25) is 82.7 Å². The summed E-state index contributed by atoms with van der Waals surface area (Å²) >= 11 is 0. The predicted molar refractivity (Wildman–Crippen MR) is 483 cm³/mol. The molecule has 2 fully saturated rings. The normalized spacial score (nSPS) is 16.1. The minimum absolute atomic E-state index is 0.00680. The molecule has 0 bridgehead atoms. The largest absolute Gasteiger partial charge is 0.481 e. The highest BCUT2D eigenvalue weighted by atomic mass is 16.4. The van der Waals surface area contributed by atoms with Crippen molar-refractivity contribution < 1.29 is 102 Å². The topological polar surface area (TPSA) is 882 Å². The summed E-state index contributed by atoms with van der Waals surface area (Å²) in [6.45, 7) is 1.57. The van der Waals surface area contributed by atoms with Gasteiger partial charge in [-0.1, -0.05) is 50.6 Å². The minimum Gasteiger partial charge on any atom is -0.481 e. The first-order chi connectivity index (χ1) is 64.7. The number of guanidine groups is 4. The molecule has 54 nitrogen and oxygen atoms in total. The summed E-state index contributed by atoms with van der Waals surface area (Å²) in [5.74, 6) is -19.8. The average molecular weight is 1910 g/mol. The molecule has 2 aliphatic heterocycles. The van der Waals surface area contributed by atoms with Crippen molar-refractivity contribution in [2.75, 3.05) is 52.4 Å². The summed E-state index contributed by atoms with van der Waals surface area (Å²) in [7, 11) is 0.